The third kappa shape index (κ3) is 2.18. The van der Waals surface area contributed by atoms with E-state index in [2.05, 4.69) is 41.2 Å². The largest absolute Gasteiger partial charge is 0.244 e. The van der Waals surface area contributed by atoms with E-state index in [0.29, 0.717) is 11.8 Å². The second-order valence-electron chi connectivity index (χ2n) is 8.38. The van der Waals surface area contributed by atoms with Gasteiger partial charge in [0.25, 0.3) is 0 Å². The molecule has 5 rings (SSSR count). The molecule has 1 aromatic heterocycles. The van der Waals surface area contributed by atoms with Gasteiger partial charge in [-0.05, 0) is 84.1 Å². The first-order valence-corrected chi connectivity index (χ1v) is 9.69. The molecule has 26 heavy (non-hydrogen) atoms. The summed E-state index contributed by atoms with van der Waals surface area (Å²) in [5.74, 6) is 2.11. The molecule has 1 fully saturated rings. The van der Waals surface area contributed by atoms with Gasteiger partial charge in [-0.25, -0.2) is 9.97 Å². The van der Waals surface area contributed by atoms with Crippen molar-refractivity contribution in [2.75, 3.05) is 0 Å². The van der Waals surface area contributed by atoms with Crippen molar-refractivity contribution in [1.82, 2.24) is 9.97 Å². The van der Waals surface area contributed by atoms with E-state index in [4.69, 9.17) is 0 Å². The minimum atomic E-state index is 0.246. The van der Waals surface area contributed by atoms with Crippen molar-refractivity contribution in [3.05, 3.63) is 65.2 Å². The predicted octanol–water partition coefficient (Wildman–Crippen LogP) is 4.90. The summed E-state index contributed by atoms with van der Waals surface area (Å²) in [6, 6.07) is 8.67. The Kier molecular flexibility index (Phi) is 3.50. The van der Waals surface area contributed by atoms with Crippen LogP contribution in [-0.4, -0.2) is 9.97 Å². The summed E-state index contributed by atoms with van der Waals surface area (Å²) < 4.78 is 0. The third-order valence-corrected chi connectivity index (χ3v) is 7.31. The number of benzene rings is 1. The minimum Gasteiger partial charge on any atom is -0.244 e. The highest BCUT2D eigenvalue weighted by atomic mass is 14.8. The van der Waals surface area contributed by atoms with Gasteiger partial charge in [0.2, 0.25) is 0 Å². The molecule has 3 aliphatic rings. The molecule has 3 nitrogen and oxygen atoms in total. The van der Waals surface area contributed by atoms with Crippen LogP contribution < -0.4 is 0 Å². The zero-order valence-electron chi connectivity index (χ0n) is 15.2. The number of nitriles is 1. The molecule has 0 aliphatic heterocycles. The van der Waals surface area contributed by atoms with Crippen LogP contribution in [0.1, 0.15) is 60.8 Å². The van der Waals surface area contributed by atoms with Crippen LogP contribution in [-0.2, 0) is 6.42 Å². The summed E-state index contributed by atoms with van der Waals surface area (Å²) in [7, 11) is 0. The smallest absolute Gasteiger partial charge is 0.115 e. The molecule has 0 spiro atoms. The molecule has 3 heteroatoms. The zero-order chi connectivity index (χ0) is 17.7. The molecule has 0 N–H and O–H groups in total. The van der Waals surface area contributed by atoms with Crippen molar-refractivity contribution < 1.29 is 0 Å². The Balaban J connectivity index is 1.49. The second kappa shape index (κ2) is 5.77. The van der Waals surface area contributed by atoms with Crippen molar-refractivity contribution in [3.63, 3.8) is 0 Å². The second-order valence-corrected chi connectivity index (χ2v) is 8.38. The average Bonchev–Trinajstić information content (AvgIpc) is 3.05. The van der Waals surface area contributed by atoms with Crippen LogP contribution in [0.2, 0.25) is 0 Å². The molecule has 0 bridgehead atoms. The van der Waals surface area contributed by atoms with Crippen LogP contribution in [0.15, 0.2) is 43.0 Å². The van der Waals surface area contributed by atoms with Gasteiger partial charge in [0.05, 0.1) is 11.6 Å². The molecule has 0 saturated heterocycles. The molecule has 1 aromatic carbocycles. The molecule has 4 atom stereocenters. The van der Waals surface area contributed by atoms with Crippen molar-refractivity contribution in [1.29, 1.82) is 5.26 Å². The molecule has 3 aliphatic carbocycles. The Morgan fingerprint density at radius 1 is 1.19 bits per heavy atom. The summed E-state index contributed by atoms with van der Waals surface area (Å²) in [6.07, 6.45) is 14.0. The predicted molar refractivity (Wildman–Crippen MR) is 101 cm³/mol. The standard InChI is InChI=1S/C23H23N3/c1-23-9-8-19-18-4-2-15(11-24)10-16(18)3-5-20(19)22(23)7-6-21(23)17-12-25-14-26-13-17/h2,4,6,10,12-14,19-20,22H,3,5,7-9H2,1H3/t19-,20-,22+,23-/m1/s1. The molecule has 130 valence electrons. The van der Waals surface area contributed by atoms with Crippen LogP contribution in [0.3, 0.4) is 0 Å². The van der Waals surface area contributed by atoms with Gasteiger partial charge >= 0.3 is 0 Å². The first-order valence-electron chi connectivity index (χ1n) is 9.69. The first kappa shape index (κ1) is 15.8. The van der Waals surface area contributed by atoms with E-state index in [9.17, 15) is 5.26 Å². The summed E-state index contributed by atoms with van der Waals surface area (Å²) in [5.41, 5.74) is 6.64. The highest BCUT2D eigenvalue weighted by Gasteiger charge is 2.51. The van der Waals surface area contributed by atoms with Crippen molar-refractivity contribution in [2.45, 2.75) is 44.9 Å². The minimum absolute atomic E-state index is 0.246. The summed E-state index contributed by atoms with van der Waals surface area (Å²) >= 11 is 0. The van der Waals surface area contributed by atoms with Crippen molar-refractivity contribution >= 4 is 5.57 Å². The normalized spacial score (nSPS) is 32.0. The lowest BCUT2D eigenvalue weighted by atomic mass is 9.54. The van der Waals surface area contributed by atoms with Gasteiger partial charge in [-0.3, -0.25) is 0 Å². The topological polar surface area (TPSA) is 49.6 Å². The highest BCUT2D eigenvalue weighted by molar-refractivity contribution is 5.72. The van der Waals surface area contributed by atoms with Crippen LogP contribution in [0.5, 0.6) is 0 Å². The molecule has 0 unspecified atom stereocenters. The number of nitrogens with zero attached hydrogens (tertiary/aromatic N) is 3. The Morgan fingerprint density at radius 2 is 2.04 bits per heavy atom. The molecular weight excluding hydrogens is 318 g/mol. The Labute approximate surface area is 154 Å². The van der Waals surface area contributed by atoms with E-state index < -0.39 is 0 Å². The first-order chi connectivity index (χ1) is 12.7. The Morgan fingerprint density at radius 3 is 2.85 bits per heavy atom. The number of aromatic nitrogens is 2. The van der Waals surface area contributed by atoms with E-state index in [1.54, 1.807) is 6.33 Å². The number of hydrogen-bond donors (Lipinski definition) is 0. The maximum Gasteiger partial charge on any atom is 0.115 e. The summed E-state index contributed by atoms with van der Waals surface area (Å²) in [6.45, 7) is 2.47. The fourth-order valence-electron chi connectivity index (χ4n) is 6.10. The molecule has 0 amide bonds. The maximum atomic E-state index is 9.20. The van der Waals surface area contributed by atoms with E-state index in [1.165, 1.54) is 47.9 Å². The van der Waals surface area contributed by atoms with E-state index >= 15 is 0 Å². The quantitative estimate of drug-likeness (QED) is 0.741. The van der Waals surface area contributed by atoms with Gasteiger partial charge in [-0.1, -0.05) is 19.1 Å². The van der Waals surface area contributed by atoms with Gasteiger partial charge in [0.15, 0.2) is 0 Å². The molecule has 1 heterocycles. The molecule has 0 radical (unpaired) electrons. The van der Waals surface area contributed by atoms with Crippen LogP contribution >= 0.6 is 0 Å². The maximum absolute atomic E-state index is 9.20. The summed E-state index contributed by atoms with van der Waals surface area (Å²) in [5, 5.41) is 9.20. The fourth-order valence-corrected chi connectivity index (χ4v) is 6.10. The lowest BCUT2D eigenvalue weighted by molar-refractivity contribution is 0.0885. The number of aryl methyl sites for hydroxylation is 1. The molecular formula is C23H23N3. The van der Waals surface area contributed by atoms with Crippen LogP contribution in [0.4, 0.5) is 0 Å². The van der Waals surface area contributed by atoms with E-state index in [0.717, 1.165) is 17.9 Å². The van der Waals surface area contributed by atoms with Gasteiger partial charge < -0.3 is 0 Å². The molecule has 1 saturated carbocycles. The van der Waals surface area contributed by atoms with Gasteiger partial charge in [-0.15, -0.1) is 0 Å². The Hall–Kier alpha value is -2.47. The number of rotatable bonds is 1. The van der Waals surface area contributed by atoms with Gasteiger partial charge in [-0.2, -0.15) is 5.26 Å². The molecule has 2 aromatic rings. The van der Waals surface area contributed by atoms with Gasteiger partial charge in [0, 0.05) is 18.0 Å². The van der Waals surface area contributed by atoms with Crippen molar-refractivity contribution in [2.24, 2.45) is 17.3 Å². The SMILES string of the molecule is C[C@]12CC[C@@H]3c4ccc(C#N)cc4CC[C@H]3[C@@H]1CC=C2c1cncnc1. The highest BCUT2D eigenvalue weighted by Crippen LogP contribution is 2.62. The zero-order valence-corrected chi connectivity index (χ0v) is 15.2. The fraction of sp³-hybridized carbons (Fsp3) is 0.435. The van der Waals surface area contributed by atoms with E-state index in [1.807, 2.05) is 18.5 Å². The van der Waals surface area contributed by atoms with Gasteiger partial charge in [0.1, 0.15) is 6.33 Å². The van der Waals surface area contributed by atoms with Crippen LogP contribution in [0, 0.1) is 28.6 Å². The third-order valence-electron chi connectivity index (χ3n) is 7.31. The van der Waals surface area contributed by atoms with Crippen LogP contribution in [0.25, 0.3) is 5.57 Å². The number of allylic oxidation sites excluding steroid dienone is 2. The Bertz CT molecular complexity index is 924. The summed E-state index contributed by atoms with van der Waals surface area (Å²) in [4.78, 5) is 8.49. The lowest BCUT2D eigenvalue weighted by Crippen LogP contribution is -2.40. The monoisotopic (exact) mass is 341 g/mol. The average molecular weight is 341 g/mol. The number of fused-ring (bicyclic) bond motifs is 5. The lowest BCUT2D eigenvalue weighted by Gasteiger charge is -2.50. The number of hydrogen-bond acceptors (Lipinski definition) is 3. The van der Waals surface area contributed by atoms with Crippen molar-refractivity contribution in [3.8, 4) is 6.07 Å². The van der Waals surface area contributed by atoms with E-state index in [-0.39, 0.29) is 5.41 Å².